The second-order valence-electron chi connectivity index (χ2n) is 6.28. The molecule has 2 aromatic rings. The van der Waals surface area contributed by atoms with Crippen LogP contribution >= 0.6 is 0 Å². The van der Waals surface area contributed by atoms with Gasteiger partial charge in [-0.2, -0.15) is 0 Å². The van der Waals surface area contributed by atoms with Crippen molar-refractivity contribution < 1.29 is 4.39 Å². The number of benzene rings is 1. The summed E-state index contributed by atoms with van der Waals surface area (Å²) in [5.74, 6) is 1.24. The third kappa shape index (κ3) is 2.84. The standard InChI is InChI=1S/C17H22FN3/c1-6-9-21-15(19)14(20-16(21)17(3,4)5)13-8-7-12(18)10-11(13)2/h6-8,10H,1,9,19H2,2-5H3. The van der Waals surface area contributed by atoms with Gasteiger partial charge < -0.3 is 10.3 Å². The van der Waals surface area contributed by atoms with Gasteiger partial charge in [-0.25, -0.2) is 9.37 Å². The molecule has 0 amide bonds. The Morgan fingerprint density at radius 2 is 2.05 bits per heavy atom. The van der Waals surface area contributed by atoms with Gasteiger partial charge in [-0.3, -0.25) is 0 Å². The molecule has 0 saturated carbocycles. The number of nitrogens with two attached hydrogens (primary N) is 1. The number of rotatable bonds is 3. The Labute approximate surface area is 125 Å². The highest BCUT2D eigenvalue weighted by molar-refractivity contribution is 5.74. The van der Waals surface area contributed by atoms with Crippen molar-refractivity contribution in [2.75, 3.05) is 5.73 Å². The summed E-state index contributed by atoms with van der Waals surface area (Å²) in [6, 6.07) is 4.66. The van der Waals surface area contributed by atoms with Crippen LogP contribution in [0, 0.1) is 12.7 Å². The maximum absolute atomic E-state index is 13.3. The molecular formula is C17H22FN3. The smallest absolute Gasteiger partial charge is 0.132 e. The van der Waals surface area contributed by atoms with Crippen molar-refractivity contribution in [2.45, 2.75) is 39.7 Å². The van der Waals surface area contributed by atoms with Crippen LogP contribution in [0.25, 0.3) is 11.3 Å². The van der Waals surface area contributed by atoms with Crippen molar-refractivity contribution in [3.63, 3.8) is 0 Å². The average Bonchev–Trinajstić information content (AvgIpc) is 2.68. The summed E-state index contributed by atoms with van der Waals surface area (Å²) in [6.45, 7) is 12.5. The number of aromatic nitrogens is 2. The van der Waals surface area contributed by atoms with Gasteiger partial charge in [-0.05, 0) is 30.7 Å². The minimum absolute atomic E-state index is 0.136. The number of hydrogen-bond acceptors (Lipinski definition) is 2. The third-order valence-corrected chi connectivity index (χ3v) is 3.43. The quantitative estimate of drug-likeness (QED) is 0.865. The van der Waals surface area contributed by atoms with Crippen LogP contribution in [-0.4, -0.2) is 9.55 Å². The molecule has 4 heteroatoms. The lowest BCUT2D eigenvalue weighted by Gasteiger charge is -2.19. The van der Waals surface area contributed by atoms with Crippen LogP contribution in [0.1, 0.15) is 32.2 Å². The van der Waals surface area contributed by atoms with E-state index < -0.39 is 0 Å². The maximum Gasteiger partial charge on any atom is 0.132 e. The van der Waals surface area contributed by atoms with Crippen LogP contribution in [0.15, 0.2) is 30.9 Å². The lowest BCUT2D eigenvalue weighted by molar-refractivity contribution is 0.515. The van der Waals surface area contributed by atoms with Gasteiger partial charge in [-0.1, -0.05) is 26.8 Å². The highest BCUT2D eigenvalue weighted by atomic mass is 19.1. The molecule has 0 fully saturated rings. The minimum Gasteiger partial charge on any atom is -0.383 e. The van der Waals surface area contributed by atoms with E-state index in [2.05, 4.69) is 27.4 Å². The first kappa shape index (κ1) is 15.3. The van der Waals surface area contributed by atoms with Gasteiger partial charge in [0.2, 0.25) is 0 Å². The van der Waals surface area contributed by atoms with E-state index in [4.69, 9.17) is 10.7 Å². The average molecular weight is 287 g/mol. The molecule has 1 aromatic heterocycles. The van der Waals surface area contributed by atoms with Crippen molar-refractivity contribution in [3.05, 3.63) is 48.1 Å². The molecule has 21 heavy (non-hydrogen) atoms. The normalized spacial score (nSPS) is 11.7. The Morgan fingerprint density at radius 1 is 1.38 bits per heavy atom. The molecule has 0 spiro atoms. The zero-order valence-corrected chi connectivity index (χ0v) is 13.1. The van der Waals surface area contributed by atoms with Gasteiger partial charge in [0.25, 0.3) is 0 Å². The third-order valence-electron chi connectivity index (χ3n) is 3.43. The van der Waals surface area contributed by atoms with E-state index in [-0.39, 0.29) is 11.2 Å². The number of hydrogen-bond donors (Lipinski definition) is 1. The second kappa shape index (κ2) is 5.35. The Hall–Kier alpha value is -2.10. The largest absolute Gasteiger partial charge is 0.383 e. The summed E-state index contributed by atoms with van der Waals surface area (Å²) in [7, 11) is 0. The molecule has 0 saturated heterocycles. The molecule has 0 aliphatic rings. The van der Waals surface area contributed by atoms with E-state index in [0.29, 0.717) is 18.1 Å². The van der Waals surface area contributed by atoms with E-state index in [9.17, 15) is 4.39 Å². The van der Waals surface area contributed by atoms with Crippen LogP contribution < -0.4 is 5.73 Å². The number of halogens is 1. The summed E-state index contributed by atoms with van der Waals surface area (Å²) in [5.41, 5.74) is 8.54. The topological polar surface area (TPSA) is 43.8 Å². The first-order valence-corrected chi connectivity index (χ1v) is 6.99. The van der Waals surface area contributed by atoms with Crippen LogP contribution in [0.2, 0.25) is 0 Å². The number of nitrogen functional groups attached to an aromatic ring is 1. The van der Waals surface area contributed by atoms with E-state index in [1.165, 1.54) is 12.1 Å². The molecular weight excluding hydrogens is 265 g/mol. The summed E-state index contributed by atoms with van der Waals surface area (Å²) >= 11 is 0. The molecule has 2 N–H and O–H groups in total. The van der Waals surface area contributed by atoms with Crippen LogP contribution in [0.4, 0.5) is 10.2 Å². The van der Waals surface area contributed by atoms with Crippen molar-refractivity contribution in [3.8, 4) is 11.3 Å². The Morgan fingerprint density at radius 3 is 2.57 bits per heavy atom. The van der Waals surface area contributed by atoms with E-state index in [1.807, 2.05) is 11.5 Å². The molecule has 1 heterocycles. The molecule has 0 aliphatic carbocycles. The lowest BCUT2D eigenvalue weighted by atomic mass is 9.95. The molecule has 0 aliphatic heterocycles. The van der Waals surface area contributed by atoms with Crippen LogP contribution in [0.3, 0.4) is 0 Å². The zero-order valence-electron chi connectivity index (χ0n) is 13.1. The number of aryl methyl sites for hydroxylation is 1. The Kier molecular flexibility index (Phi) is 3.90. The van der Waals surface area contributed by atoms with Gasteiger partial charge in [0.15, 0.2) is 0 Å². The number of imidazole rings is 1. The minimum atomic E-state index is -0.253. The summed E-state index contributed by atoms with van der Waals surface area (Å²) in [5, 5.41) is 0. The van der Waals surface area contributed by atoms with E-state index in [0.717, 1.165) is 17.0 Å². The number of nitrogens with zero attached hydrogens (tertiary/aromatic N) is 2. The fourth-order valence-corrected chi connectivity index (χ4v) is 2.44. The van der Waals surface area contributed by atoms with Crippen molar-refractivity contribution in [1.82, 2.24) is 9.55 Å². The number of anilines is 1. The fraction of sp³-hybridized carbons (Fsp3) is 0.353. The SMILES string of the molecule is C=CCn1c(C(C)(C)C)nc(-c2ccc(F)cc2C)c1N. The zero-order chi connectivity index (χ0) is 15.8. The monoisotopic (exact) mass is 287 g/mol. The molecule has 1 aromatic carbocycles. The van der Waals surface area contributed by atoms with Gasteiger partial charge in [0.1, 0.15) is 23.2 Å². The lowest BCUT2D eigenvalue weighted by Crippen LogP contribution is -2.19. The van der Waals surface area contributed by atoms with E-state index >= 15 is 0 Å². The molecule has 0 atom stereocenters. The predicted molar refractivity (Wildman–Crippen MR) is 85.7 cm³/mol. The number of allylic oxidation sites excluding steroid dienone is 1. The first-order chi connectivity index (χ1) is 9.75. The van der Waals surface area contributed by atoms with Crippen molar-refractivity contribution >= 4 is 5.82 Å². The van der Waals surface area contributed by atoms with Gasteiger partial charge >= 0.3 is 0 Å². The summed E-state index contributed by atoms with van der Waals surface area (Å²) < 4.78 is 15.3. The molecule has 112 valence electrons. The van der Waals surface area contributed by atoms with Crippen LogP contribution in [0.5, 0.6) is 0 Å². The molecule has 2 rings (SSSR count). The van der Waals surface area contributed by atoms with Crippen molar-refractivity contribution in [1.29, 1.82) is 0 Å². The second-order valence-corrected chi connectivity index (χ2v) is 6.28. The maximum atomic E-state index is 13.3. The van der Waals surface area contributed by atoms with Crippen LogP contribution in [-0.2, 0) is 12.0 Å². The highest BCUT2D eigenvalue weighted by Crippen LogP contribution is 2.33. The Balaban J connectivity index is 2.67. The van der Waals surface area contributed by atoms with Crippen molar-refractivity contribution in [2.24, 2.45) is 0 Å². The molecule has 0 bridgehead atoms. The highest BCUT2D eigenvalue weighted by Gasteiger charge is 2.25. The summed E-state index contributed by atoms with van der Waals surface area (Å²) in [6.07, 6.45) is 1.80. The summed E-state index contributed by atoms with van der Waals surface area (Å²) in [4.78, 5) is 4.73. The van der Waals surface area contributed by atoms with Gasteiger partial charge in [-0.15, -0.1) is 6.58 Å². The van der Waals surface area contributed by atoms with Gasteiger partial charge in [0.05, 0.1) is 0 Å². The molecule has 0 radical (unpaired) electrons. The van der Waals surface area contributed by atoms with E-state index in [1.54, 1.807) is 12.1 Å². The van der Waals surface area contributed by atoms with Gasteiger partial charge in [0, 0.05) is 17.5 Å². The molecule has 3 nitrogen and oxygen atoms in total. The molecule has 0 unspecified atom stereocenters. The Bertz CT molecular complexity index is 678. The first-order valence-electron chi connectivity index (χ1n) is 6.99. The predicted octanol–water partition coefficient (Wildman–Crippen LogP) is 4.06. The fourth-order valence-electron chi connectivity index (χ4n) is 2.44.